The van der Waals surface area contributed by atoms with Crippen LogP contribution in [0.25, 0.3) is 16.9 Å². The first-order valence-corrected chi connectivity index (χ1v) is 10.7. The quantitative estimate of drug-likeness (QED) is 0.424. The Bertz CT molecular complexity index is 1490. The molecule has 0 amide bonds. The van der Waals surface area contributed by atoms with Gasteiger partial charge in [-0.15, -0.1) is 0 Å². The van der Waals surface area contributed by atoms with Crippen molar-refractivity contribution in [1.29, 1.82) is 0 Å². The highest BCUT2D eigenvalue weighted by molar-refractivity contribution is 5.98. The normalized spacial score (nSPS) is 11.3. The van der Waals surface area contributed by atoms with Crippen LogP contribution in [0.5, 0.6) is 5.75 Å². The van der Waals surface area contributed by atoms with E-state index in [9.17, 15) is 14.4 Å². The summed E-state index contributed by atoms with van der Waals surface area (Å²) in [5.74, 6) is 0.327. The number of nitrogens with zero attached hydrogens (tertiary/aromatic N) is 4. The topological polar surface area (TPSA) is 88.1 Å². The number of aryl methyl sites for hydroxylation is 2. The summed E-state index contributed by atoms with van der Waals surface area (Å²) in [7, 11) is 1.51. The molecule has 0 spiro atoms. The molecule has 2 aromatic carbocycles. The molecule has 0 bridgehead atoms. The Morgan fingerprint density at radius 1 is 1.09 bits per heavy atom. The number of ether oxygens (including phenoxy) is 1. The molecule has 170 valence electrons. The molecule has 0 atom stereocenters. The van der Waals surface area contributed by atoms with E-state index in [1.807, 2.05) is 26.0 Å². The maximum Gasteiger partial charge on any atom is 0.337 e. The highest BCUT2D eigenvalue weighted by Crippen LogP contribution is 2.24. The molecule has 0 fully saturated rings. The van der Waals surface area contributed by atoms with Gasteiger partial charge in [-0.05, 0) is 45.4 Å². The van der Waals surface area contributed by atoms with Gasteiger partial charge in [0.1, 0.15) is 5.75 Å². The Morgan fingerprint density at radius 3 is 2.48 bits per heavy atom. The number of hydrogen-bond donors (Lipinski definition) is 0. The molecule has 33 heavy (non-hydrogen) atoms. The van der Waals surface area contributed by atoms with Gasteiger partial charge < -0.3 is 9.30 Å². The van der Waals surface area contributed by atoms with E-state index in [0.717, 1.165) is 11.1 Å². The molecule has 0 radical (unpaired) electrons. The largest absolute Gasteiger partial charge is 0.495 e. The third-order valence-corrected chi connectivity index (χ3v) is 5.69. The Balaban J connectivity index is 1.96. The van der Waals surface area contributed by atoms with Crippen LogP contribution in [0.15, 0.2) is 58.4 Å². The number of ketones is 1. The minimum Gasteiger partial charge on any atom is -0.495 e. The highest BCUT2D eigenvalue weighted by Gasteiger charge is 2.23. The Labute approximate surface area is 190 Å². The average Bonchev–Trinajstić information content (AvgIpc) is 3.17. The van der Waals surface area contributed by atoms with Crippen LogP contribution in [0.3, 0.4) is 0 Å². The van der Waals surface area contributed by atoms with Crippen LogP contribution in [0.4, 0.5) is 0 Å². The van der Waals surface area contributed by atoms with Gasteiger partial charge in [-0.1, -0.05) is 35.9 Å². The first-order chi connectivity index (χ1) is 15.7. The third kappa shape index (κ3) is 3.77. The van der Waals surface area contributed by atoms with E-state index in [-0.39, 0.29) is 23.5 Å². The second-order valence-electron chi connectivity index (χ2n) is 8.34. The summed E-state index contributed by atoms with van der Waals surface area (Å²) in [6.45, 7) is 7.32. The summed E-state index contributed by atoms with van der Waals surface area (Å²) in [5.41, 5.74) is 2.36. The zero-order valence-electron chi connectivity index (χ0n) is 19.3. The summed E-state index contributed by atoms with van der Waals surface area (Å²) in [5, 5.41) is 0. The van der Waals surface area contributed by atoms with Gasteiger partial charge >= 0.3 is 5.69 Å². The van der Waals surface area contributed by atoms with Gasteiger partial charge in [0, 0.05) is 11.6 Å². The number of benzene rings is 2. The van der Waals surface area contributed by atoms with E-state index in [1.165, 1.54) is 27.1 Å². The van der Waals surface area contributed by atoms with Crippen LogP contribution in [-0.2, 0) is 6.54 Å². The molecule has 4 rings (SSSR count). The van der Waals surface area contributed by atoms with Crippen molar-refractivity contribution >= 4 is 16.9 Å². The van der Waals surface area contributed by atoms with Crippen LogP contribution in [0.1, 0.15) is 41.4 Å². The summed E-state index contributed by atoms with van der Waals surface area (Å²) in [6, 6.07) is 12.3. The molecule has 0 N–H and O–H groups in total. The predicted octanol–water partition coefficient (Wildman–Crippen LogP) is 3.44. The zero-order chi connectivity index (χ0) is 23.9. The van der Waals surface area contributed by atoms with E-state index in [2.05, 4.69) is 4.98 Å². The standard InChI is InChI=1S/C25H26N4O4/c1-15(2)28-24(31)22-23(29(25(28)32)19-8-6-7-9-21(19)33-5)26-14-27(22)13-20(30)18-11-10-16(3)12-17(18)4/h6-12,14-15H,13H2,1-5H3. The molecule has 0 unspecified atom stereocenters. The third-order valence-electron chi connectivity index (χ3n) is 5.69. The van der Waals surface area contributed by atoms with Gasteiger partial charge in [-0.3, -0.25) is 14.2 Å². The lowest BCUT2D eigenvalue weighted by Gasteiger charge is -2.16. The van der Waals surface area contributed by atoms with E-state index < -0.39 is 17.3 Å². The number of imidazole rings is 1. The van der Waals surface area contributed by atoms with Crippen molar-refractivity contribution in [3.8, 4) is 11.4 Å². The van der Waals surface area contributed by atoms with Gasteiger partial charge in [0.25, 0.3) is 5.56 Å². The SMILES string of the molecule is COc1ccccc1-n1c(=O)n(C(C)C)c(=O)c2c1ncn2CC(=O)c1ccc(C)cc1C. The number of rotatable bonds is 6. The molecule has 8 heteroatoms. The Hall–Kier alpha value is -3.94. The lowest BCUT2D eigenvalue weighted by atomic mass is 10.0. The Morgan fingerprint density at radius 2 is 1.82 bits per heavy atom. The number of carbonyl (C=O) groups excluding carboxylic acids is 1. The van der Waals surface area contributed by atoms with Gasteiger partial charge in [0.05, 0.1) is 25.7 Å². The lowest BCUT2D eigenvalue weighted by molar-refractivity contribution is 0.0972. The van der Waals surface area contributed by atoms with Crippen LogP contribution in [0.2, 0.25) is 0 Å². The van der Waals surface area contributed by atoms with E-state index in [1.54, 1.807) is 44.2 Å². The Kier molecular flexibility index (Phi) is 5.76. The fraction of sp³-hybridized carbons (Fsp3) is 0.280. The van der Waals surface area contributed by atoms with Crippen molar-refractivity contribution in [3.63, 3.8) is 0 Å². The highest BCUT2D eigenvalue weighted by atomic mass is 16.5. The van der Waals surface area contributed by atoms with Crippen LogP contribution >= 0.6 is 0 Å². The number of Topliss-reactive ketones (excluding diaryl/α,β-unsaturated/α-hetero) is 1. The van der Waals surface area contributed by atoms with Crippen molar-refractivity contribution in [2.45, 2.75) is 40.3 Å². The number of aromatic nitrogens is 4. The first kappa shape index (κ1) is 22.3. The molecule has 2 aromatic heterocycles. The number of para-hydroxylation sites is 2. The van der Waals surface area contributed by atoms with Gasteiger partial charge in [-0.25, -0.2) is 14.3 Å². The molecule has 0 aliphatic carbocycles. The van der Waals surface area contributed by atoms with Crippen molar-refractivity contribution in [2.75, 3.05) is 7.11 Å². The summed E-state index contributed by atoms with van der Waals surface area (Å²) in [4.78, 5) is 44.3. The summed E-state index contributed by atoms with van der Waals surface area (Å²) >= 11 is 0. The molecule has 8 nitrogen and oxygen atoms in total. The van der Waals surface area contributed by atoms with Gasteiger partial charge in [0.2, 0.25) is 0 Å². The minimum atomic E-state index is -0.516. The summed E-state index contributed by atoms with van der Waals surface area (Å²) in [6.07, 6.45) is 1.43. The summed E-state index contributed by atoms with van der Waals surface area (Å²) < 4.78 is 9.51. The molecule has 2 heterocycles. The van der Waals surface area contributed by atoms with Crippen molar-refractivity contribution in [3.05, 3.63) is 86.3 Å². The number of hydrogen-bond acceptors (Lipinski definition) is 5. The number of fused-ring (bicyclic) bond motifs is 1. The maximum atomic E-state index is 13.4. The second-order valence-corrected chi connectivity index (χ2v) is 8.34. The van der Waals surface area contributed by atoms with Crippen molar-refractivity contribution < 1.29 is 9.53 Å². The monoisotopic (exact) mass is 446 g/mol. The van der Waals surface area contributed by atoms with Gasteiger partial charge in [-0.2, -0.15) is 0 Å². The number of methoxy groups -OCH3 is 1. The van der Waals surface area contributed by atoms with Crippen LogP contribution in [0, 0.1) is 13.8 Å². The molecule has 0 aliphatic rings. The lowest BCUT2D eigenvalue weighted by Crippen LogP contribution is -2.41. The minimum absolute atomic E-state index is 0.0716. The number of carbonyl (C=O) groups is 1. The zero-order valence-corrected chi connectivity index (χ0v) is 19.3. The van der Waals surface area contributed by atoms with Crippen molar-refractivity contribution in [2.24, 2.45) is 0 Å². The van der Waals surface area contributed by atoms with Gasteiger partial charge in [0.15, 0.2) is 16.9 Å². The average molecular weight is 447 g/mol. The molecule has 0 saturated heterocycles. The molecular formula is C25H26N4O4. The van der Waals surface area contributed by atoms with E-state index in [0.29, 0.717) is 17.0 Å². The fourth-order valence-electron chi connectivity index (χ4n) is 4.13. The van der Waals surface area contributed by atoms with Crippen LogP contribution < -0.4 is 16.0 Å². The molecule has 0 aliphatic heterocycles. The van der Waals surface area contributed by atoms with E-state index >= 15 is 0 Å². The smallest absolute Gasteiger partial charge is 0.337 e. The predicted molar refractivity (Wildman–Crippen MR) is 127 cm³/mol. The second kappa shape index (κ2) is 8.54. The molecule has 0 saturated carbocycles. The van der Waals surface area contributed by atoms with Crippen molar-refractivity contribution in [1.82, 2.24) is 18.7 Å². The first-order valence-electron chi connectivity index (χ1n) is 10.7. The molecular weight excluding hydrogens is 420 g/mol. The maximum absolute atomic E-state index is 13.4. The molecule has 4 aromatic rings. The van der Waals surface area contributed by atoms with Crippen LogP contribution in [-0.4, -0.2) is 31.6 Å². The van der Waals surface area contributed by atoms with E-state index in [4.69, 9.17) is 4.74 Å². The fourth-order valence-corrected chi connectivity index (χ4v) is 4.13.